The van der Waals surface area contributed by atoms with Crippen molar-refractivity contribution in [3.8, 4) is 0 Å². The van der Waals surface area contributed by atoms with E-state index in [9.17, 15) is 28.9 Å². The van der Waals surface area contributed by atoms with Crippen molar-refractivity contribution in [3.63, 3.8) is 0 Å². The van der Waals surface area contributed by atoms with E-state index in [1.807, 2.05) is 0 Å². The van der Waals surface area contributed by atoms with E-state index < -0.39 is 57.8 Å². The van der Waals surface area contributed by atoms with Gasteiger partial charge >= 0.3 is 25.7 Å². The smallest absolute Gasteiger partial charge is 0.462 e. The number of rotatable bonds is 49. The second kappa shape index (κ2) is 50.3. The number of unbranched alkanes of at least 4 members (excludes halogenated alkanes) is 20. The molecule has 68 heavy (non-hydrogen) atoms. The predicted octanol–water partition coefficient (Wildman–Crippen LogP) is 15.4. The largest absolute Gasteiger partial charge is 0.472 e. The maximum atomic E-state index is 12.9. The summed E-state index contributed by atoms with van der Waals surface area (Å²) < 4.78 is 39.4. The third-order valence-electron chi connectivity index (χ3n) is 11.1. The highest BCUT2D eigenvalue weighted by atomic mass is 31.2. The van der Waals surface area contributed by atoms with Gasteiger partial charge in [-0.2, -0.15) is 0 Å². The SMILES string of the molecule is CC/C=C\C/C=C\C/C=C\CCCCCCCC(=O)OC(COC(=O)CCCCCCCCCCCCCCC)COP(=O)(O)OCC(CO)OC(=O)CCCCC/C=C\C/C=C\C/C=C\CC. The molecule has 3 unspecified atom stereocenters. The van der Waals surface area contributed by atoms with Gasteiger partial charge < -0.3 is 24.2 Å². The van der Waals surface area contributed by atoms with Crippen molar-refractivity contribution in [1.82, 2.24) is 0 Å². The Kier molecular flexibility index (Phi) is 48.0. The predicted molar refractivity (Wildman–Crippen MR) is 279 cm³/mol. The highest BCUT2D eigenvalue weighted by Crippen LogP contribution is 2.43. The Hall–Kier alpha value is -3.08. The summed E-state index contributed by atoms with van der Waals surface area (Å²) in [5.74, 6) is -1.51. The van der Waals surface area contributed by atoms with Gasteiger partial charge in [-0.3, -0.25) is 23.4 Å². The number of hydrogen-bond acceptors (Lipinski definition) is 10. The first-order valence-corrected chi connectivity index (χ1v) is 28.3. The number of carbonyl (C=O) groups excluding carboxylic acids is 3. The van der Waals surface area contributed by atoms with Gasteiger partial charge in [0.2, 0.25) is 0 Å². The van der Waals surface area contributed by atoms with Crippen LogP contribution >= 0.6 is 7.82 Å². The molecule has 0 aromatic rings. The second-order valence-electron chi connectivity index (χ2n) is 17.6. The number of phosphoric acid groups is 1. The van der Waals surface area contributed by atoms with Crippen molar-refractivity contribution in [2.24, 2.45) is 0 Å². The Labute approximate surface area is 414 Å². The fourth-order valence-electron chi connectivity index (χ4n) is 7.09. The van der Waals surface area contributed by atoms with Gasteiger partial charge in [0.15, 0.2) is 6.10 Å². The number of phosphoric ester groups is 1. The highest BCUT2D eigenvalue weighted by Gasteiger charge is 2.28. The first-order valence-electron chi connectivity index (χ1n) is 26.8. The number of carbonyl (C=O) groups is 3. The fourth-order valence-corrected chi connectivity index (χ4v) is 7.87. The summed E-state index contributed by atoms with van der Waals surface area (Å²) in [5.41, 5.74) is 0. The lowest BCUT2D eigenvalue weighted by Gasteiger charge is -2.21. The lowest BCUT2D eigenvalue weighted by atomic mass is 10.0. The van der Waals surface area contributed by atoms with E-state index in [0.29, 0.717) is 19.3 Å². The number of ether oxygens (including phenoxy) is 3. The molecule has 0 aliphatic rings. The zero-order chi connectivity index (χ0) is 49.9. The molecule has 0 radical (unpaired) electrons. The number of aliphatic hydroxyl groups excluding tert-OH is 1. The molecule has 11 nitrogen and oxygen atoms in total. The standard InChI is InChI=1S/C56H97O11P/c1-4-7-10-13-16-19-22-25-26-29-32-35-38-41-44-47-56(60)67-53(49-63-54(58)45-42-39-36-33-30-27-23-20-17-14-11-8-5-2)51-65-68(61,62)64-50-52(48-57)66-55(59)46-43-40-37-34-31-28-24-21-18-15-12-9-6-3/h7,9-10,12,16,18-19,21,25-26,28,31,52-53,57H,4-6,8,11,13-15,17,20,22-24,27,29-30,32-51H2,1-3H3,(H,61,62)/b10-7-,12-9-,19-16-,21-18-,26-25-,31-28-. The van der Waals surface area contributed by atoms with Gasteiger partial charge in [-0.05, 0) is 83.5 Å². The van der Waals surface area contributed by atoms with Crippen LogP contribution in [0.3, 0.4) is 0 Å². The van der Waals surface area contributed by atoms with Crippen LogP contribution in [0, 0.1) is 0 Å². The van der Waals surface area contributed by atoms with Gasteiger partial charge in [-0.15, -0.1) is 0 Å². The lowest BCUT2D eigenvalue weighted by molar-refractivity contribution is -0.161. The van der Waals surface area contributed by atoms with Crippen molar-refractivity contribution < 1.29 is 52.2 Å². The molecule has 0 saturated carbocycles. The van der Waals surface area contributed by atoms with Crippen LogP contribution in [-0.2, 0) is 42.2 Å². The summed E-state index contributed by atoms with van der Waals surface area (Å²) in [4.78, 5) is 48.4. The molecule has 0 aromatic carbocycles. The molecule has 0 amide bonds. The summed E-state index contributed by atoms with van der Waals surface area (Å²) in [6.45, 7) is 4.36. The van der Waals surface area contributed by atoms with Crippen LogP contribution in [0.15, 0.2) is 72.9 Å². The quantitative estimate of drug-likeness (QED) is 0.0197. The van der Waals surface area contributed by atoms with Crippen molar-refractivity contribution in [1.29, 1.82) is 0 Å². The summed E-state index contributed by atoms with van der Waals surface area (Å²) in [7, 11) is -4.75. The van der Waals surface area contributed by atoms with E-state index in [1.165, 1.54) is 57.8 Å². The highest BCUT2D eigenvalue weighted by molar-refractivity contribution is 7.47. The van der Waals surface area contributed by atoms with Crippen molar-refractivity contribution in [3.05, 3.63) is 72.9 Å². The van der Waals surface area contributed by atoms with E-state index in [1.54, 1.807) is 0 Å². The van der Waals surface area contributed by atoms with Gasteiger partial charge in [-0.1, -0.05) is 196 Å². The third kappa shape index (κ3) is 48.0. The Balaban J connectivity index is 4.78. The number of aliphatic hydroxyl groups is 1. The van der Waals surface area contributed by atoms with Crippen LogP contribution in [0.5, 0.6) is 0 Å². The maximum Gasteiger partial charge on any atom is 0.472 e. The van der Waals surface area contributed by atoms with Crippen LogP contribution in [0.1, 0.15) is 226 Å². The molecular formula is C56H97O11P. The minimum absolute atomic E-state index is 0.139. The van der Waals surface area contributed by atoms with E-state index >= 15 is 0 Å². The molecule has 12 heteroatoms. The summed E-state index contributed by atoms with van der Waals surface area (Å²) in [6.07, 6.45) is 54.4. The molecular weight excluding hydrogens is 880 g/mol. The first kappa shape index (κ1) is 64.9. The van der Waals surface area contributed by atoms with Gasteiger partial charge in [-0.25, -0.2) is 4.57 Å². The zero-order valence-electron chi connectivity index (χ0n) is 43.1. The topological polar surface area (TPSA) is 155 Å². The molecule has 0 aromatic heterocycles. The molecule has 3 atom stereocenters. The summed E-state index contributed by atoms with van der Waals surface area (Å²) in [6, 6.07) is 0. The van der Waals surface area contributed by atoms with Crippen molar-refractivity contribution in [2.75, 3.05) is 26.4 Å². The molecule has 0 saturated heterocycles. The van der Waals surface area contributed by atoms with E-state index in [-0.39, 0.29) is 25.9 Å². The van der Waals surface area contributed by atoms with E-state index in [2.05, 4.69) is 93.7 Å². The minimum Gasteiger partial charge on any atom is -0.462 e. The van der Waals surface area contributed by atoms with Crippen molar-refractivity contribution >= 4 is 25.7 Å². The average Bonchev–Trinajstić information content (AvgIpc) is 3.32. The Morgan fingerprint density at radius 3 is 1.19 bits per heavy atom. The Bertz CT molecular complexity index is 1420. The molecule has 0 heterocycles. The summed E-state index contributed by atoms with van der Waals surface area (Å²) >= 11 is 0. The van der Waals surface area contributed by atoms with Gasteiger partial charge in [0.25, 0.3) is 0 Å². The van der Waals surface area contributed by atoms with Crippen molar-refractivity contribution in [2.45, 2.75) is 238 Å². The average molecular weight is 977 g/mol. The Morgan fingerprint density at radius 1 is 0.426 bits per heavy atom. The molecule has 0 rings (SSSR count). The van der Waals surface area contributed by atoms with Crippen LogP contribution in [0.2, 0.25) is 0 Å². The summed E-state index contributed by atoms with van der Waals surface area (Å²) in [5, 5.41) is 9.77. The molecule has 2 N–H and O–H groups in total. The lowest BCUT2D eigenvalue weighted by Crippen LogP contribution is -2.30. The monoisotopic (exact) mass is 977 g/mol. The second-order valence-corrected chi connectivity index (χ2v) is 19.1. The molecule has 0 aliphatic carbocycles. The first-order chi connectivity index (χ1) is 33.2. The zero-order valence-corrected chi connectivity index (χ0v) is 43.9. The fraction of sp³-hybridized carbons (Fsp3) is 0.732. The molecule has 0 spiro atoms. The third-order valence-corrected chi connectivity index (χ3v) is 12.1. The molecule has 0 aliphatic heterocycles. The number of allylic oxidation sites excluding steroid dienone is 12. The number of hydrogen-bond donors (Lipinski definition) is 2. The number of esters is 3. The van der Waals surface area contributed by atoms with Gasteiger partial charge in [0.05, 0.1) is 19.8 Å². The van der Waals surface area contributed by atoms with Crippen LogP contribution in [0.25, 0.3) is 0 Å². The Morgan fingerprint density at radius 2 is 0.765 bits per heavy atom. The van der Waals surface area contributed by atoms with Crippen LogP contribution in [0.4, 0.5) is 0 Å². The van der Waals surface area contributed by atoms with Gasteiger partial charge in [0, 0.05) is 19.3 Å². The molecule has 0 fully saturated rings. The van der Waals surface area contributed by atoms with Crippen LogP contribution in [-0.4, -0.2) is 66.5 Å². The molecule has 392 valence electrons. The maximum absolute atomic E-state index is 12.9. The van der Waals surface area contributed by atoms with E-state index in [4.69, 9.17) is 23.3 Å². The minimum atomic E-state index is -4.75. The normalized spacial score (nSPS) is 14.0. The van der Waals surface area contributed by atoms with Crippen LogP contribution < -0.4 is 0 Å². The van der Waals surface area contributed by atoms with Gasteiger partial charge in [0.1, 0.15) is 12.7 Å². The van der Waals surface area contributed by atoms with E-state index in [0.717, 1.165) is 109 Å². The molecule has 0 bridgehead atoms.